The number of para-hydroxylation sites is 1. The molecule has 0 radical (unpaired) electrons. The summed E-state index contributed by atoms with van der Waals surface area (Å²) in [7, 11) is 6.62. The van der Waals surface area contributed by atoms with Crippen LogP contribution in [0.5, 0.6) is 23.0 Å². The predicted molar refractivity (Wildman–Crippen MR) is 139 cm³/mol. The lowest BCUT2D eigenvalue weighted by atomic mass is 9.88. The van der Waals surface area contributed by atoms with E-state index in [9.17, 15) is 0 Å². The van der Waals surface area contributed by atoms with Gasteiger partial charge in [0.15, 0.2) is 28.1 Å². The van der Waals surface area contributed by atoms with Crippen LogP contribution in [0.2, 0.25) is 0 Å². The molecule has 4 rings (SSSR count). The minimum absolute atomic E-state index is 0.00497. The van der Waals surface area contributed by atoms with Crippen molar-refractivity contribution in [2.75, 3.05) is 40.3 Å². The van der Waals surface area contributed by atoms with E-state index in [1.54, 1.807) is 28.4 Å². The average Bonchev–Trinajstić information content (AvgIpc) is 2.88. The van der Waals surface area contributed by atoms with Gasteiger partial charge in [-0.1, -0.05) is 24.3 Å². The lowest BCUT2D eigenvalue weighted by Gasteiger charge is -2.39. The van der Waals surface area contributed by atoms with Crippen LogP contribution in [0.3, 0.4) is 0 Å². The molecule has 1 aliphatic rings. The normalized spacial score (nSPS) is 14.7. The van der Waals surface area contributed by atoms with Gasteiger partial charge in [0.05, 0.1) is 34.5 Å². The number of anilines is 1. The number of nitrogens with zero attached hydrogens (tertiary/aromatic N) is 1. The maximum absolute atomic E-state index is 5.89. The number of thiocarbonyl (C=S) groups is 1. The summed E-state index contributed by atoms with van der Waals surface area (Å²) in [5.74, 6) is 2.87. The summed E-state index contributed by atoms with van der Waals surface area (Å²) in [6.45, 7) is 0.791. The number of nitrogens with one attached hydrogen (secondary N) is 1. The van der Waals surface area contributed by atoms with E-state index in [0.717, 1.165) is 36.4 Å². The van der Waals surface area contributed by atoms with E-state index in [-0.39, 0.29) is 6.04 Å². The van der Waals surface area contributed by atoms with Gasteiger partial charge in [0, 0.05) is 12.2 Å². The molecule has 0 aliphatic carbocycles. The van der Waals surface area contributed by atoms with Crippen LogP contribution < -0.4 is 24.3 Å². The molecule has 1 aliphatic heterocycles. The number of hydrogen-bond donors (Lipinski definition) is 1. The Morgan fingerprint density at radius 1 is 0.853 bits per heavy atom. The van der Waals surface area contributed by atoms with Gasteiger partial charge >= 0.3 is 0 Å². The zero-order valence-electron chi connectivity index (χ0n) is 20.0. The summed E-state index contributed by atoms with van der Waals surface area (Å²) < 4.78 is 22.2. The van der Waals surface area contributed by atoms with Crippen LogP contribution in [0.15, 0.2) is 60.7 Å². The van der Waals surface area contributed by atoms with Crippen LogP contribution in [0.4, 0.5) is 5.69 Å². The van der Waals surface area contributed by atoms with Crippen molar-refractivity contribution in [3.8, 4) is 23.0 Å². The minimum atomic E-state index is 0.00497. The molecule has 34 heavy (non-hydrogen) atoms. The van der Waals surface area contributed by atoms with Crippen LogP contribution >= 0.6 is 12.2 Å². The maximum atomic E-state index is 5.89. The molecular formula is C27H30N2O4S. The summed E-state index contributed by atoms with van der Waals surface area (Å²) in [5.41, 5.74) is 4.51. The van der Waals surface area contributed by atoms with Gasteiger partial charge in [-0.15, -0.1) is 0 Å². The Hall–Kier alpha value is -3.45. The highest BCUT2D eigenvalue weighted by atomic mass is 32.1. The van der Waals surface area contributed by atoms with Gasteiger partial charge in [0.1, 0.15) is 0 Å². The molecule has 0 amide bonds. The smallest absolute Gasteiger partial charge is 0.173 e. The van der Waals surface area contributed by atoms with E-state index in [2.05, 4.69) is 28.4 Å². The molecule has 0 spiro atoms. The molecule has 0 saturated carbocycles. The largest absolute Gasteiger partial charge is 0.493 e. The summed E-state index contributed by atoms with van der Waals surface area (Å²) >= 11 is 5.89. The molecule has 1 atom stereocenters. The zero-order chi connectivity index (χ0) is 24.1. The average molecular weight is 479 g/mol. The Morgan fingerprint density at radius 2 is 1.50 bits per heavy atom. The van der Waals surface area contributed by atoms with Crippen molar-refractivity contribution in [2.24, 2.45) is 0 Å². The minimum Gasteiger partial charge on any atom is -0.493 e. The van der Waals surface area contributed by atoms with E-state index < -0.39 is 0 Å². The first-order chi connectivity index (χ1) is 16.6. The topological polar surface area (TPSA) is 52.2 Å². The third-order valence-corrected chi connectivity index (χ3v) is 6.50. The first kappa shape index (κ1) is 23.7. The van der Waals surface area contributed by atoms with Crippen LogP contribution in [-0.2, 0) is 12.8 Å². The molecule has 6 nitrogen and oxygen atoms in total. The van der Waals surface area contributed by atoms with Gasteiger partial charge in [0.2, 0.25) is 0 Å². The highest BCUT2D eigenvalue weighted by Gasteiger charge is 2.31. The second-order valence-corrected chi connectivity index (χ2v) is 8.44. The highest BCUT2D eigenvalue weighted by Crippen LogP contribution is 2.40. The summed E-state index contributed by atoms with van der Waals surface area (Å²) in [6, 6.07) is 20.2. The van der Waals surface area contributed by atoms with Crippen molar-refractivity contribution in [3.63, 3.8) is 0 Å². The van der Waals surface area contributed by atoms with Crippen LogP contribution in [-0.4, -0.2) is 45.0 Å². The lowest BCUT2D eigenvalue weighted by molar-refractivity contribution is 0.295. The lowest BCUT2D eigenvalue weighted by Crippen LogP contribution is -2.43. The van der Waals surface area contributed by atoms with Crippen molar-refractivity contribution in [1.29, 1.82) is 0 Å². The Kier molecular flexibility index (Phi) is 7.43. The fraction of sp³-hybridized carbons (Fsp3) is 0.296. The molecule has 7 heteroatoms. The van der Waals surface area contributed by atoms with E-state index in [1.807, 2.05) is 42.5 Å². The first-order valence-corrected chi connectivity index (χ1v) is 11.6. The molecular weight excluding hydrogens is 448 g/mol. The SMILES string of the molecule is COc1ccc(C[C@H]2c3cc(OC)c(OC)cc3CCN2C(=S)Nc2ccccc2)cc1OC. The predicted octanol–water partition coefficient (Wildman–Crippen LogP) is 5.26. The van der Waals surface area contributed by atoms with Gasteiger partial charge in [0.25, 0.3) is 0 Å². The molecule has 0 fully saturated rings. The second kappa shape index (κ2) is 10.7. The van der Waals surface area contributed by atoms with Crippen LogP contribution in [0.1, 0.15) is 22.7 Å². The molecule has 0 unspecified atom stereocenters. The van der Waals surface area contributed by atoms with Crippen LogP contribution in [0, 0.1) is 0 Å². The van der Waals surface area contributed by atoms with Crippen molar-refractivity contribution in [2.45, 2.75) is 18.9 Å². The monoisotopic (exact) mass is 478 g/mol. The Bertz CT molecular complexity index is 1150. The molecule has 1 N–H and O–H groups in total. The summed E-state index contributed by atoms with van der Waals surface area (Å²) in [4.78, 5) is 2.26. The number of benzene rings is 3. The molecule has 3 aromatic rings. The fourth-order valence-electron chi connectivity index (χ4n) is 4.44. The Labute approximate surface area is 206 Å². The van der Waals surface area contributed by atoms with Crippen molar-refractivity contribution in [1.82, 2.24) is 4.90 Å². The van der Waals surface area contributed by atoms with E-state index in [1.165, 1.54) is 11.1 Å². The molecule has 0 bridgehead atoms. The Morgan fingerprint density at radius 3 is 2.18 bits per heavy atom. The third kappa shape index (κ3) is 4.89. The van der Waals surface area contributed by atoms with Crippen molar-refractivity contribution < 1.29 is 18.9 Å². The number of rotatable bonds is 7. The Balaban J connectivity index is 1.72. The van der Waals surface area contributed by atoms with Gasteiger partial charge in [-0.05, 0) is 78.1 Å². The van der Waals surface area contributed by atoms with Crippen molar-refractivity contribution in [3.05, 3.63) is 77.4 Å². The second-order valence-electron chi connectivity index (χ2n) is 8.05. The van der Waals surface area contributed by atoms with E-state index in [0.29, 0.717) is 22.4 Å². The van der Waals surface area contributed by atoms with Crippen molar-refractivity contribution >= 4 is 23.0 Å². The van der Waals surface area contributed by atoms with E-state index in [4.69, 9.17) is 31.2 Å². The zero-order valence-corrected chi connectivity index (χ0v) is 20.8. The van der Waals surface area contributed by atoms with Gasteiger partial charge in [-0.25, -0.2) is 0 Å². The fourth-order valence-corrected chi connectivity index (χ4v) is 4.78. The maximum Gasteiger partial charge on any atom is 0.173 e. The number of fused-ring (bicyclic) bond motifs is 1. The van der Waals surface area contributed by atoms with Crippen LogP contribution in [0.25, 0.3) is 0 Å². The van der Waals surface area contributed by atoms with E-state index >= 15 is 0 Å². The molecule has 178 valence electrons. The van der Waals surface area contributed by atoms with Gasteiger partial charge in [-0.2, -0.15) is 0 Å². The number of methoxy groups -OCH3 is 4. The first-order valence-electron chi connectivity index (χ1n) is 11.2. The summed E-state index contributed by atoms with van der Waals surface area (Å²) in [5, 5.41) is 4.10. The standard InChI is InChI=1S/C27H30N2O4S/c1-30-23-11-10-18(15-24(23)31-2)14-22-21-17-26(33-4)25(32-3)16-19(21)12-13-29(22)27(34)28-20-8-6-5-7-9-20/h5-11,15-17,22H,12-14H2,1-4H3,(H,28,34)/t22-/m0/s1. The van der Waals surface area contributed by atoms with Gasteiger partial charge in [-0.3, -0.25) is 0 Å². The molecule has 3 aromatic carbocycles. The molecule has 0 saturated heterocycles. The number of hydrogen-bond acceptors (Lipinski definition) is 5. The number of ether oxygens (including phenoxy) is 4. The molecule has 0 aromatic heterocycles. The molecule has 1 heterocycles. The summed E-state index contributed by atoms with van der Waals surface area (Å²) in [6.07, 6.45) is 1.59. The highest BCUT2D eigenvalue weighted by molar-refractivity contribution is 7.80. The third-order valence-electron chi connectivity index (χ3n) is 6.17. The quantitative estimate of drug-likeness (QED) is 0.465. The van der Waals surface area contributed by atoms with Gasteiger partial charge < -0.3 is 29.2 Å².